The maximum Gasteiger partial charge on any atom is 0.350 e. The van der Waals surface area contributed by atoms with Crippen molar-refractivity contribution in [1.29, 1.82) is 0 Å². The van der Waals surface area contributed by atoms with Crippen molar-refractivity contribution in [2.24, 2.45) is 5.73 Å². The van der Waals surface area contributed by atoms with E-state index in [2.05, 4.69) is 12.2 Å². The maximum absolute atomic E-state index is 12.2. The third-order valence-electron chi connectivity index (χ3n) is 1.44. The fourth-order valence-corrected chi connectivity index (χ4v) is 2.15. The van der Waals surface area contributed by atoms with Crippen LogP contribution in [0.4, 0.5) is 8.78 Å². The number of hydrogen-bond donors (Lipinski definition) is 1. The molecule has 84 valence electrons. The van der Waals surface area contributed by atoms with Crippen molar-refractivity contribution in [3.8, 4) is 0 Å². The number of hydrogen-bond acceptors (Lipinski definition) is 3. The van der Waals surface area contributed by atoms with Crippen molar-refractivity contribution in [2.45, 2.75) is 25.6 Å². The van der Waals surface area contributed by atoms with Crippen LogP contribution in [0.1, 0.15) is 13.8 Å². The molecule has 0 saturated heterocycles. The second-order valence-corrected chi connectivity index (χ2v) is 5.29. The first kappa shape index (κ1) is 13.7. The number of thiocarbonyl (C=S) groups is 1. The molecule has 0 fully saturated rings. The van der Waals surface area contributed by atoms with Crippen LogP contribution >= 0.6 is 12.2 Å². The lowest BCUT2D eigenvalue weighted by Crippen LogP contribution is -2.44. The van der Waals surface area contributed by atoms with E-state index in [9.17, 15) is 17.2 Å². The van der Waals surface area contributed by atoms with Crippen LogP contribution in [0.25, 0.3) is 0 Å². The Balaban J connectivity index is 4.93. The summed E-state index contributed by atoms with van der Waals surface area (Å²) in [6, 6.07) is -0.601. The van der Waals surface area contributed by atoms with E-state index in [1.165, 1.54) is 13.8 Å². The zero-order valence-corrected chi connectivity index (χ0v) is 9.41. The third kappa shape index (κ3) is 3.43. The highest BCUT2D eigenvalue weighted by molar-refractivity contribution is 7.89. The molecule has 0 bridgehead atoms. The average molecular weight is 246 g/mol. The van der Waals surface area contributed by atoms with Crippen LogP contribution in [0.2, 0.25) is 0 Å². The van der Waals surface area contributed by atoms with E-state index in [1.54, 1.807) is 0 Å². The van der Waals surface area contributed by atoms with Gasteiger partial charge in [0, 0.05) is 6.04 Å². The van der Waals surface area contributed by atoms with Gasteiger partial charge in [0.05, 0.1) is 11.5 Å². The van der Waals surface area contributed by atoms with Crippen molar-refractivity contribution in [3.05, 3.63) is 0 Å². The van der Waals surface area contributed by atoms with E-state index in [0.717, 1.165) is 0 Å². The second-order valence-electron chi connectivity index (χ2n) is 2.91. The zero-order valence-electron chi connectivity index (χ0n) is 7.78. The Hall–Kier alpha value is -0.340. The average Bonchev–Trinajstić information content (AvgIpc) is 1.98. The lowest BCUT2D eigenvalue weighted by molar-refractivity contribution is 0.216. The van der Waals surface area contributed by atoms with Crippen LogP contribution in [-0.2, 0) is 10.0 Å². The smallest absolute Gasteiger partial charge is 0.350 e. The van der Waals surface area contributed by atoms with Gasteiger partial charge in [-0.05, 0) is 13.8 Å². The molecular formula is C6H12F2N2O2S2. The van der Waals surface area contributed by atoms with E-state index >= 15 is 0 Å². The van der Waals surface area contributed by atoms with E-state index < -0.39 is 21.8 Å². The fraction of sp³-hybridized carbons (Fsp3) is 0.833. The fourth-order valence-electron chi connectivity index (χ4n) is 0.822. The van der Waals surface area contributed by atoms with Gasteiger partial charge in [0.25, 0.3) is 10.0 Å². The van der Waals surface area contributed by atoms with E-state index in [4.69, 9.17) is 5.73 Å². The first-order valence-corrected chi connectivity index (χ1v) is 5.67. The minimum Gasteiger partial charge on any atom is -0.392 e. The number of halogens is 2. The number of nitrogens with two attached hydrogens (primary N) is 1. The standard InChI is InChI=1S/C6H12F2N2O2S2/c1-4(2)10(3-5(9)13)14(11,12)6(7)8/h4,6H,3H2,1-2H3,(H2,9,13). The van der Waals surface area contributed by atoms with E-state index in [-0.39, 0.29) is 11.5 Å². The maximum atomic E-state index is 12.2. The van der Waals surface area contributed by atoms with Crippen molar-refractivity contribution in [1.82, 2.24) is 4.31 Å². The van der Waals surface area contributed by atoms with Gasteiger partial charge < -0.3 is 5.73 Å². The molecule has 0 aromatic heterocycles. The van der Waals surface area contributed by atoms with Gasteiger partial charge in [-0.1, -0.05) is 12.2 Å². The largest absolute Gasteiger partial charge is 0.392 e. The molecule has 0 unspecified atom stereocenters. The van der Waals surface area contributed by atoms with Crippen LogP contribution < -0.4 is 5.73 Å². The van der Waals surface area contributed by atoms with Gasteiger partial charge in [-0.2, -0.15) is 13.1 Å². The molecule has 0 amide bonds. The van der Waals surface area contributed by atoms with Crippen LogP contribution in [0.5, 0.6) is 0 Å². The van der Waals surface area contributed by atoms with Gasteiger partial charge in [0.2, 0.25) is 0 Å². The summed E-state index contributed by atoms with van der Waals surface area (Å²) >= 11 is 4.47. The van der Waals surface area contributed by atoms with Gasteiger partial charge in [-0.3, -0.25) is 0 Å². The summed E-state index contributed by atoms with van der Waals surface area (Å²) in [4.78, 5) is -0.136. The summed E-state index contributed by atoms with van der Waals surface area (Å²) in [5, 5.41) is 0. The molecule has 0 aromatic carbocycles. The van der Waals surface area contributed by atoms with Gasteiger partial charge in [-0.25, -0.2) is 8.42 Å². The van der Waals surface area contributed by atoms with E-state index in [0.29, 0.717) is 4.31 Å². The van der Waals surface area contributed by atoms with Crippen molar-refractivity contribution >= 4 is 27.2 Å². The summed E-state index contributed by atoms with van der Waals surface area (Å²) < 4.78 is 47.0. The van der Waals surface area contributed by atoms with Gasteiger partial charge in [0.15, 0.2) is 0 Å². The van der Waals surface area contributed by atoms with Crippen LogP contribution in [0.3, 0.4) is 0 Å². The Labute approximate surface area is 87.1 Å². The molecule has 2 N–H and O–H groups in total. The lowest BCUT2D eigenvalue weighted by Gasteiger charge is -2.24. The molecule has 0 aromatic rings. The predicted molar refractivity (Wildman–Crippen MR) is 53.6 cm³/mol. The van der Waals surface area contributed by atoms with E-state index in [1.807, 2.05) is 0 Å². The minimum absolute atomic E-state index is 0.136. The first-order chi connectivity index (χ1) is 6.19. The highest BCUT2D eigenvalue weighted by atomic mass is 32.2. The quantitative estimate of drug-likeness (QED) is 0.719. The van der Waals surface area contributed by atoms with Crippen molar-refractivity contribution < 1.29 is 17.2 Å². The summed E-state index contributed by atoms with van der Waals surface area (Å²) in [6.07, 6.45) is 0. The molecule has 0 heterocycles. The molecule has 0 aliphatic heterocycles. The first-order valence-electron chi connectivity index (χ1n) is 3.76. The topological polar surface area (TPSA) is 63.4 Å². The highest BCUT2D eigenvalue weighted by Crippen LogP contribution is 2.14. The Kier molecular flexibility index (Phi) is 4.82. The van der Waals surface area contributed by atoms with Crippen LogP contribution in [-0.4, -0.2) is 36.1 Å². The molecule has 0 saturated carbocycles. The predicted octanol–water partition coefficient (Wildman–Crippen LogP) is 0.535. The number of nitrogens with zero attached hydrogens (tertiary/aromatic N) is 1. The molecule has 8 heteroatoms. The normalized spacial score (nSPS) is 12.8. The molecule has 0 rings (SSSR count). The highest BCUT2D eigenvalue weighted by Gasteiger charge is 2.33. The minimum atomic E-state index is -4.60. The summed E-state index contributed by atoms with van der Waals surface area (Å²) in [6.45, 7) is 2.58. The van der Waals surface area contributed by atoms with Crippen LogP contribution in [0.15, 0.2) is 0 Å². The van der Waals surface area contributed by atoms with Crippen molar-refractivity contribution in [3.63, 3.8) is 0 Å². The molecule has 4 nitrogen and oxygen atoms in total. The molecule has 0 radical (unpaired) electrons. The molecule has 0 aliphatic carbocycles. The number of sulfonamides is 1. The Morgan fingerprint density at radius 2 is 1.93 bits per heavy atom. The number of alkyl halides is 2. The Morgan fingerprint density at radius 3 is 2.14 bits per heavy atom. The summed E-state index contributed by atoms with van der Waals surface area (Å²) in [7, 11) is -4.60. The monoisotopic (exact) mass is 246 g/mol. The molecule has 0 spiro atoms. The van der Waals surface area contributed by atoms with Gasteiger partial charge in [-0.15, -0.1) is 0 Å². The lowest BCUT2D eigenvalue weighted by atomic mass is 10.4. The third-order valence-corrected chi connectivity index (χ3v) is 3.22. The van der Waals surface area contributed by atoms with Crippen LogP contribution in [0, 0.1) is 0 Å². The Bertz CT molecular complexity index is 303. The molecule has 0 aliphatic rings. The van der Waals surface area contributed by atoms with Gasteiger partial charge in [0.1, 0.15) is 0 Å². The number of rotatable bonds is 5. The SMILES string of the molecule is CC(C)N(CC(N)=S)S(=O)(=O)C(F)F. The van der Waals surface area contributed by atoms with Crippen molar-refractivity contribution in [2.75, 3.05) is 6.54 Å². The summed E-state index contributed by atoms with van der Waals surface area (Å²) in [5.41, 5.74) is 5.11. The van der Waals surface area contributed by atoms with Gasteiger partial charge >= 0.3 is 5.76 Å². The molecule has 14 heavy (non-hydrogen) atoms. The zero-order chi connectivity index (χ0) is 11.5. The second kappa shape index (κ2) is 4.94. The molecule has 0 atom stereocenters. The molecular weight excluding hydrogens is 234 g/mol. The Morgan fingerprint density at radius 1 is 1.50 bits per heavy atom. The summed E-state index contributed by atoms with van der Waals surface area (Å²) in [5.74, 6) is -3.45.